The fourth-order valence-corrected chi connectivity index (χ4v) is 4.08. The number of rotatable bonds is 4. The van der Waals surface area contributed by atoms with Gasteiger partial charge in [0.25, 0.3) is 11.1 Å². The summed E-state index contributed by atoms with van der Waals surface area (Å²) in [7, 11) is 1.64. The molecular formula is C20H22N2O3S. The average Bonchev–Trinajstić information content (AvgIpc) is 3.03. The smallest absolute Gasteiger partial charge is 0.293 e. The van der Waals surface area contributed by atoms with Gasteiger partial charge >= 0.3 is 0 Å². The molecule has 0 spiro atoms. The van der Waals surface area contributed by atoms with Gasteiger partial charge in [0.1, 0.15) is 5.75 Å². The number of nitrogens with zero attached hydrogens (tertiary/aromatic N) is 2. The Morgan fingerprint density at radius 3 is 2.31 bits per heavy atom. The van der Waals surface area contributed by atoms with Crippen molar-refractivity contribution in [1.29, 1.82) is 0 Å². The average molecular weight is 370 g/mol. The van der Waals surface area contributed by atoms with Gasteiger partial charge in [-0.25, -0.2) is 0 Å². The molecule has 0 unspecified atom stereocenters. The maximum atomic E-state index is 12.5. The van der Waals surface area contributed by atoms with Crippen LogP contribution in [0.15, 0.2) is 35.2 Å². The number of hydrogen-bond acceptors (Lipinski definition) is 4. The van der Waals surface area contributed by atoms with Gasteiger partial charge in [0.2, 0.25) is 0 Å². The molecule has 136 valence electrons. The summed E-state index contributed by atoms with van der Waals surface area (Å²) < 4.78 is 7.34. The van der Waals surface area contributed by atoms with Crippen LogP contribution in [0.1, 0.15) is 30.8 Å². The Bertz CT molecular complexity index is 895. The van der Waals surface area contributed by atoms with Crippen LogP contribution < -0.4 is 4.74 Å². The van der Waals surface area contributed by atoms with Gasteiger partial charge in [-0.1, -0.05) is 0 Å². The lowest BCUT2D eigenvalue weighted by Gasteiger charge is -2.16. The first-order valence-electron chi connectivity index (χ1n) is 8.44. The third kappa shape index (κ3) is 3.17. The van der Waals surface area contributed by atoms with E-state index in [0.717, 1.165) is 40.2 Å². The number of benzene rings is 1. The fourth-order valence-electron chi connectivity index (χ4n) is 3.13. The number of thioether (sulfide) groups is 1. The van der Waals surface area contributed by atoms with Crippen molar-refractivity contribution in [1.82, 2.24) is 9.47 Å². The molecule has 3 rings (SSSR count). The Kier molecular flexibility index (Phi) is 4.96. The third-order valence-corrected chi connectivity index (χ3v) is 5.31. The van der Waals surface area contributed by atoms with E-state index in [-0.39, 0.29) is 17.2 Å². The number of carbonyl (C=O) groups is 2. The van der Waals surface area contributed by atoms with Crippen LogP contribution in [0, 0.1) is 13.8 Å². The van der Waals surface area contributed by atoms with Crippen molar-refractivity contribution in [2.24, 2.45) is 0 Å². The number of aryl methyl sites for hydroxylation is 1. The highest BCUT2D eigenvalue weighted by molar-refractivity contribution is 8.18. The van der Waals surface area contributed by atoms with E-state index in [1.54, 1.807) is 7.11 Å². The second-order valence-corrected chi connectivity index (χ2v) is 7.50. The summed E-state index contributed by atoms with van der Waals surface area (Å²) in [5.74, 6) is 0.586. The molecule has 0 saturated carbocycles. The number of methoxy groups -OCH3 is 1. The monoisotopic (exact) mass is 370 g/mol. The van der Waals surface area contributed by atoms with Crippen molar-refractivity contribution in [3.05, 3.63) is 52.2 Å². The van der Waals surface area contributed by atoms with Crippen LogP contribution in [-0.4, -0.2) is 33.8 Å². The van der Waals surface area contributed by atoms with Crippen molar-refractivity contribution in [3.63, 3.8) is 0 Å². The molecule has 2 amide bonds. The van der Waals surface area contributed by atoms with Crippen molar-refractivity contribution < 1.29 is 14.3 Å². The zero-order valence-electron chi connectivity index (χ0n) is 15.6. The normalized spacial score (nSPS) is 16.2. The SMILES string of the molecule is COc1ccc(-n2c(C)cc(/C=C3/SC(=O)N(C(C)C)C3=O)c2C)cc1. The second kappa shape index (κ2) is 7.03. The number of hydrogen-bond donors (Lipinski definition) is 0. The van der Waals surface area contributed by atoms with Gasteiger partial charge < -0.3 is 9.30 Å². The van der Waals surface area contributed by atoms with E-state index in [1.165, 1.54) is 4.90 Å². The van der Waals surface area contributed by atoms with Crippen molar-refractivity contribution in [2.75, 3.05) is 7.11 Å². The van der Waals surface area contributed by atoms with Gasteiger partial charge in [-0.05, 0) is 81.4 Å². The highest BCUT2D eigenvalue weighted by Gasteiger charge is 2.36. The third-order valence-electron chi connectivity index (χ3n) is 4.43. The van der Waals surface area contributed by atoms with Gasteiger partial charge in [-0.3, -0.25) is 14.5 Å². The lowest BCUT2D eigenvalue weighted by molar-refractivity contribution is -0.123. The van der Waals surface area contributed by atoms with Crippen molar-refractivity contribution in [2.45, 2.75) is 33.7 Å². The lowest BCUT2D eigenvalue weighted by atomic mass is 10.2. The highest BCUT2D eigenvalue weighted by atomic mass is 32.2. The molecule has 26 heavy (non-hydrogen) atoms. The van der Waals surface area contributed by atoms with Crippen LogP contribution in [0.2, 0.25) is 0 Å². The molecule has 2 heterocycles. The number of carbonyl (C=O) groups excluding carboxylic acids is 2. The first kappa shape index (κ1) is 18.3. The van der Waals surface area contributed by atoms with Crippen molar-refractivity contribution >= 4 is 29.0 Å². The van der Waals surface area contributed by atoms with Crippen LogP contribution in [0.3, 0.4) is 0 Å². The number of amides is 2. The highest BCUT2D eigenvalue weighted by Crippen LogP contribution is 2.34. The van der Waals surface area contributed by atoms with E-state index in [9.17, 15) is 9.59 Å². The molecule has 0 N–H and O–H groups in total. The van der Waals surface area contributed by atoms with Gasteiger partial charge in [0, 0.05) is 23.1 Å². The Balaban J connectivity index is 1.98. The lowest BCUT2D eigenvalue weighted by Crippen LogP contribution is -2.34. The molecule has 0 atom stereocenters. The molecule has 1 aromatic carbocycles. The number of imide groups is 1. The minimum atomic E-state index is -0.218. The van der Waals surface area contributed by atoms with Gasteiger partial charge in [-0.15, -0.1) is 0 Å². The van der Waals surface area contributed by atoms with E-state index >= 15 is 0 Å². The molecule has 5 nitrogen and oxygen atoms in total. The van der Waals surface area contributed by atoms with E-state index in [2.05, 4.69) is 4.57 Å². The Morgan fingerprint density at radius 1 is 1.12 bits per heavy atom. The van der Waals surface area contributed by atoms with E-state index in [1.807, 2.05) is 64.1 Å². The minimum Gasteiger partial charge on any atom is -0.497 e. The van der Waals surface area contributed by atoms with E-state index in [4.69, 9.17) is 4.74 Å². The fraction of sp³-hybridized carbons (Fsp3) is 0.300. The summed E-state index contributed by atoms with van der Waals surface area (Å²) in [6, 6.07) is 9.72. The number of ether oxygens (including phenoxy) is 1. The quantitative estimate of drug-likeness (QED) is 0.741. The van der Waals surface area contributed by atoms with Gasteiger partial charge in [-0.2, -0.15) is 0 Å². The molecule has 1 aromatic heterocycles. The van der Waals surface area contributed by atoms with E-state index < -0.39 is 0 Å². The molecule has 1 saturated heterocycles. The molecular weight excluding hydrogens is 348 g/mol. The van der Waals surface area contributed by atoms with Gasteiger partial charge in [0.15, 0.2) is 0 Å². The van der Waals surface area contributed by atoms with Crippen LogP contribution in [-0.2, 0) is 4.79 Å². The summed E-state index contributed by atoms with van der Waals surface area (Å²) in [6.07, 6.45) is 1.82. The maximum Gasteiger partial charge on any atom is 0.293 e. The topological polar surface area (TPSA) is 51.5 Å². The zero-order chi connectivity index (χ0) is 19.0. The molecule has 6 heteroatoms. The van der Waals surface area contributed by atoms with Gasteiger partial charge in [0.05, 0.1) is 12.0 Å². The molecule has 1 aliphatic rings. The molecule has 0 aliphatic carbocycles. The Labute approximate surface area is 157 Å². The zero-order valence-corrected chi connectivity index (χ0v) is 16.4. The van der Waals surface area contributed by atoms with Crippen LogP contribution in [0.25, 0.3) is 11.8 Å². The van der Waals surface area contributed by atoms with Crippen molar-refractivity contribution in [3.8, 4) is 11.4 Å². The van der Waals surface area contributed by atoms with Crippen LogP contribution in [0.5, 0.6) is 5.75 Å². The first-order valence-corrected chi connectivity index (χ1v) is 9.25. The largest absolute Gasteiger partial charge is 0.497 e. The molecule has 0 bridgehead atoms. The predicted molar refractivity (Wildman–Crippen MR) is 105 cm³/mol. The Hall–Kier alpha value is -2.47. The maximum absolute atomic E-state index is 12.5. The Morgan fingerprint density at radius 2 is 1.77 bits per heavy atom. The summed E-state index contributed by atoms with van der Waals surface area (Å²) in [5.41, 5.74) is 4.04. The summed E-state index contributed by atoms with van der Waals surface area (Å²) in [4.78, 5) is 26.4. The summed E-state index contributed by atoms with van der Waals surface area (Å²) in [6.45, 7) is 7.72. The predicted octanol–water partition coefficient (Wildman–Crippen LogP) is 4.55. The van der Waals surface area contributed by atoms with E-state index in [0.29, 0.717) is 4.91 Å². The summed E-state index contributed by atoms with van der Waals surface area (Å²) >= 11 is 1.00. The van der Waals surface area contributed by atoms with Crippen LogP contribution in [0.4, 0.5) is 4.79 Å². The first-order chi connectivity index (χ1) is 12.3. The molecule has 0 radical (unpaired) electrons. The number of aromatic nitrogens is 1. The minimum absolute atomic E-state index is 0.139. The second-order valence-electron chi connectivity index (χ2n) is 6.51. The summed E-state index contributed by atoms with van der Waals surface area (Å²) in [5, 5.41) is -0.208. The molecule has 1 fully saturated rings. The molecule has 2 aromatic rings. The standard InChI is InChI=1S/C20H22N2O3S/c1-12(2)21-19(23)18(26-20(21)24)11-15-10-13(3)22(14(15)4)16-6-8-17(25-5)9-7-16/h6-12H,1-5H3/b18-11+. The van der Waals surface area contributed by atoms with Crippen LogP contribution >= 0.6 is 11.8 Å². The molecule has 1 aliphatic heterocycles.